The van der Waals surface area contributed by atoms with Gasteiger partial charge in [-0.05, 0) is 27.2 Å². The highest BCUT2D eigenvalue weighted by atomic mass is 16.5. The molecule has 2 saturated heterocycles. The fraction of sp³-hybridized carbons (Fsp3) is 1.00. The second-order valence-corrected chi connectivity index (χ2v) is 4.78. The molecule has 0 radical (unpaired) electrons. The van der Waals surface area contributed by atoms with Crippen LogP contribution in [0.25, 0.3) is 0 Å². The molecule has 64 valence electrons. The first-order chi connectivity index (χ1) is 5.05. The molecule has 2 nitrogen and oxygen atoms in total. The summed E-state index contributed by atoms with van der Waals surface area (Å²) in [7, 11) is 0. The summed E-state index contributed by atoms with van der Waals surface area (Å²) in [4.78, 5) is 2.55. The van der Waals surface area contributed by atoms with Gasteiger partial charge in [-0.2, -0.15) is 0 Å². The van der Waals surface area contributed by atoms with Crippen LogP contribution in [0, 0.1) is 0 Å². The predicted octanol–water partition coefficient (Wildman–Crippen LogP) is 1.26. The Labute approximate surface area is 68.5 Å². The molecule has 2 unspecified atom stereocenters. The van der Waals surface area contributed by atoms with E-state index in [-0.39, 0.29) is 0 Å². The standard InChI is InChI=1S/C9H17NO/c1-8(2,3)10-6-9(10)4-5-11-7-9/h4-7H2,1-3H3. The van der Waals surface area contributed by atoms with Gasteiger partial charge in [0.15, 0.2) is 0 Å². The molecule has 1 spiro atoms. The lowest BCUT2D eigenvalue weighted by Gasteiger charge is -2.24. The molecular weight excluding hydrogens is 138 g/mol. The zero-order chi connectivity index (χ0) is 8.11. The first kappa shape index (κ1) is 7.56. The third kappa shape index (κ3) is 1.09. The maximum Gasteiger partial charge on any atom is 0.0664 e. The summed E-state index contributed by atoms with van der Waals surface area (Å²) in [6, 6.07) is 0. The molecule has 2 aliphatic heterocycles. The zero-order valence-corrected chi connectivity index (χ0v) is 7.68. The molecule has 0 aromatic carbocycles. The third-order valence-electron chi connectivity index (χ3n) is 2.81. The Morgan fingerprint density at radius 1 is 1.36 bits per heavy atom. The molecule has 2 atom stereocenters. The fourth-order valence-electron chi connectivity index (χ4n) is 2.14. The number of nitrogens with zero attached hydrogens (tertiary/aromatic N) is 1. The van der Waals surface area contributed by atoms with Gasteiger partial charge in [-0.15, -0.1) is 0 Å². The summed E-state index contributed by atoms with van der Waals surface area (Å²) in [6.45, 7) is 10.0. The summed E-state index contributed by atoms with van der Waals surface area (Å²) in [5.41, 5.74) is 0.798. The molecule has 0 saturated carbocycles. The molecule has 0 N–H and O–H groups in total. The highest BCUT2D eigenvalue weighted by Crippen LogP contribution is 2.44. The maximum atomic E-state index is 5.41. The molecule has 0 aromatic rings. The predicted molar refractivity (Wildman–Crippen MR) is 44.6 cm³/mol. The van der Waals surface area contributed by atoms with Crippen LogP contribution >= 0.6 is 0 Å². The van der Waals surface area contributed by atoms with Crippen LogP contribution in [-0.4, -0.2) is 35.7 Å². The molecule has 2 heterocycles. The van der Waals surface area contributed by atoms with Crippen LogP contribution in [0.2, 0.25) is 0 Å². The molecule has 2 rings (SSSR count). The SMILES string of the molecule is CC(C)(C)N1CC12CCOC2. The average molecular weight is 155 g/mol. The van der Waals surface area contributed by atoms with Crippen molar-refractivity contribution in [3.8, 4) is 0 Å². The van der Waals surface area contributed by atoms with E-state index in [1.165, 1.54) is 13.0 Å². The van der Waals surface area contributed by atoms with Crippen LogP contribution in [0.5, 0.6) is 0 Å². The second-order valence-electron chi connectivity index (χ2n) is 4.78. The van der Waals surface area contributed by atoms with E-state index >= 15 is 0 Å². The Morgan fingerprint density at radius 2 is 2.09 bits per heavy atom. The van der Waals surface area contributed by atoms with E-state index in [1.54, 1.807) is 0 Å². The van der Waals surface area contributed by atoms with Gasteiger partial charge in [0.05, 0.1) is 12.1 Å². The van der Waals surface area contributed by atoms with Gasteiger partial charge in [0.25, 0.3) is 0 Å². The van der Waals surface area contributed by atoms with Gasteiger partial charge in [-0.25, -0.2) is 0 Å². The maximum absolute atomic E-state index is 5.41. The molecule has 2 fully saturated rings. The van der Waals surface area contributed by atoms with Crippen LogP contribution in [0.1, 0.15) is 27.2 Å². The largest absolute Gasteiger partial charge is 0.379 e. The van der Waals surface area contributed by atoms with E-state index in [1.807, 2.05) is 0 Å². The van der Waals surface area contributed by atoms with E-state index < -0.39 is 0 Å². The molecule has 0 bridgehead atoms. The number of hydrogen-bond acceptors (Lipinski definition) is 2. The highest BCUT2D eigenvalue weighted by Gasteiger charge is 2.58. The Bertz CT molecular complexity index is 165. The Kier molecular flexibility index (Phi) is 1.37. The van der Waals surface area contributed by atoms with E-state index in [0.29, 0.717) is 11.1 Å². The van der Waals surface area contributed by atoms with Gasteiger partial charge >= 0.3 is 0 Å². The Morgan fingerprint density at radius 3 is 2.45 bits per heavy atom. The fourth-order valence-corrected chi connectivity index (χ4v) is 2.14. The summed E-state index contributed by atoms with van der Waals surface area (Å²) in [6.07, 6.45) is 1.24. The van der Waals surface area contributed by atoms with Crippen molar-refractivity contribution in [3.05, 3.63) is 0 Å². The Balaban J connectivity index is 2.03. The molecule has 2 aliphatic rings. The van der Waals surface area contributed by atoms with Crippen molar-refractivity contribution in [3.63, 3.8) is 0 Å². The van der Waals surface area contributed by atoms with Gasteiger partial charge in [0.1, 0.15) is 0 Å². The highest BCUT2D eigenvalue weighted by molar-refractivity contribution is 5.13. The van der Waals surface area contributed by atoms with Gasteiger partial charge in [-0.3, -0.25) is 4.90 Å². The summed E-state index contributed by atoms with van der Waals surface area (Å²) >= 11 is 0. The van der Waals surface area contributed by atoms with Crippen LogP contribution in [0.15, 0.2) is 0 Å². The van der Waals surface area contributed by atoms with Crippen LogP contribution in [-0.2, 0) is 4.74 Å². The minimum Gasteiger partial charge on any atom is -0.379 e. The van der Waals surface area contributed by atoms with Gasteiger partial charge in [0, 0.05) is 18.7 Å². The quantitative estimate of drug-likeness (QED) is 0.488. The van der Waals surface area contributed by atoms with Crippen LogP contribution in [0.3, 0.4) is 0 Å². The minimum absolute atomic E-state index is 0.341. The molecule has 0 aromatic heterocycles. The van der Waals surface area contributed by atoms with Gasteiger partial charge in [0.2, 0.25) is 0 Å². The lowest BCUT2D eigenvalue weighted by molar-refractivity contribution is 0.168. The Hall–Kier alpha value is -0.0800. The first-order valence-corrected chi connectivity index (χ1v) is 4.40. The van der Waals surface area contributed by atoms with Crippen molar-refractivity contribution in [2.45, 2.75) is 38.3 Å². The van der Waals surface area contributed by atoms with Crippen molar-refractivity contribution in [1.29, 1.82) is 0 Å². The van der Waals surface area contributed by atoms with E-state index in [2.05, 4.69) is 25.7 Å². The molecule has 2 heteroatoms. The smallest absolute Gasteiger partial charge is 0.0664 e. The monoisotopic (exact) mass is 155 g/mol. The topological polar surface area (TPSA) is 12.2 Å². The third-order valence-corrected chi connectivity index (χ3v) is 2.81. The number of ether oxygens (including phenoxy) is 1. The molecule has 11 heavy (non-hydrogen) atoms. The van der Waals surface area contributed by atoms with Crippen molar-refractivity contribution in [2.24, 2.45) is 0 Å². The van der Waals surface area contributed by atoms with E-state index in [0.717, 1.165) is 13.2 Å². The molecular formula is C9H17NO. The number of hydrogen-bond donors (Lipinski definition) is 0. The van der Waals surface area contributed by atoms with Crippen molar-refractivity contribution in [1.82, 2.24) is 4.90 Å². The first-order valence-electron chi connectivity index (χ1n) is 4.40. The van der Waals surface area contributed by atoms with E-state index in [9.17, 15) is 0 Å². The number of rotatable bonds is 0. The van der Waals surface area contributed by atoms with Crippen molar-refractivity contribution >= 4 is 0 Å². The van der Waals surface area contributed by atoms with E-state index in [4.69, 9.17) is 4.74 Å². The second kappa shape index (κ2) is 1.99. The lowest BCUT2D eigenvalue weighted by atomic mass is 10.1. The van der Waals surface area contributed by atoms with Crippen molar-refractivity contribution in [2.75, 3.05) is 19.8 Å². The summed E-state index contributed by atoms with van der Waals surface area (Å²) in [5, 5.41) is 0. The molecule has 0 amide bonds. The van der Waals surface area contributed by atoms with Gasteiger partial charge < -0.3 is 4.74 Å². The zero-order valence-electron chi connectivity index (χ0n) is 7.68. The summed E-state index contributed by atoms with van der Waals surface area (Å²) < 4.78 is 5.41. The van der Waals surface area contributed by atoms with Crippen molar-refractivity contribution < 1.29 is 4.74 Å². The molecule has 0 aliphatic carbocycles. The lowest BCUT2D eigenvalue weighted by Crippen LogP contribution is -2.33. The van der Waals surface area contributed by atoms with Crippen LogP contribution < -0.4 is 0 Å². The normalized spacial score (nSPS) is 43.4. The van der Waals surface area contributed by atoms with Gasteiger partial charge in [-0.1, -0.05) is 0 Å². The average Bonchev–Trinajstić information content (AvgIpc) is 2.31. The minimum atomic E-state index is 0.341. The van der Waals surface area contributed by atoms with Crippen LogP contribution in [0.4, 0.5) is 0 Å². The summed E-state index contributed by atoms with van der Waals surface area (Å²) in [5.74, 6) is 0.